The Morgan fingerprint density at radius 2 is 2.39 bits per heavy atom. The van der Waals surface area contributed by atoms with Crippen molar-refractivity contribution in [2.24, 2.45) is 0 Å². The second-order valence-electron chi connectivity index (χ2n) is 4.31. The Morgan fingerprint density at radius 1 is 1.56 bits per heavy atom. The van der Waals surface area contributed by atoms with Crippen LogP contribution >= 0.6 is 0 Å². The van der Waals surface area contributed by atoms with Crippen molar-refractivity contribution in [1.82, 2.24) is 5.32 Å². The Balaban J connectivity index is 1.87. The average molecular weight is 253 g/mol. The summed E-state index contributed by atoms with van der Waals surface area (Å²) in [5.41, 5.74) is -0.301. The van der Waals surface area contributed by atoms with Gasteiger partial charge >= 0.3 is 0 Å². The first-order chi connectivity index (χ1) is 8.68. The van der Waals surface area contributed by atoms with E-state index in [2.05, 4.69) is 5.32 Å². The van der Waals surface area contributed by atoms with Crippen LogP contribution in [0, 0.1) is 5.82 Å². The molecule has 1 saturated heterocycles. The van der Waals surface area contributed by atoms with Gasteiger partial charge in [0.05, 0.1) is 6.10 Å². The van der Waals surface area contributed by atoms with Crippen molar-refractivity contribution in [3.8, 4) is 5.75 Å². The largest absolute Gasteiger partial charge is 0.507 e. The van der Waals surface area contributed by atoms with Gasteiger partial charge in [-0.25, -0.2) is 4.39 Å². The number of hydrogen-bond acceptors (Lipinski definition) is 3. The van der Waals surface area contributed by atoms with Gasteiger partial charge in [0.15, 0.2) is 0 Å². The number of rotatable bonds is 4. The number of ether oxygens (including phenoxy) is 1. The highest BCUT2D eigenvalue weighted by Gasteiger charge is 2.18. The van der Waals surface area contributed by atoms with Crippen molar-refractivity contribution in [3.63, 3.8) is 0 Å². The van der Waals surface area contributed by atoms with E-state index < -0.39 is 11.7 Å². The van der Waals surface area contributed by atoms with Gasteiger partial charge in [0.1, 0.15) is 17.1 Å². The van der Waals surface area contributed by atoms with Crippen LogP contribution in [0.2, 0.25) is 0 Å². The van der Waals surface area contributed by atoms with E-state index in [1.807, 2.05) is 0 Å². The zero-order valence-electron chi connectivity index (χ0n) is 9.99. The molecule has 1 aliphatic heterocycles. The molecule has 1 heterocycles. The molecule has 1 aromatic rings. The third-order valence-corrected chi connectivity index (χ3v) is 2.99. The summed E-state index contributed by atoms with van der Waals surface area (Å²) in [6, 6.07) is 3.79. The van der Waals surface area contributed by atoms with Gasteiger partial charge in [-0.3, -0.25) is 4.79 Å². The second kappa shape index (κ2) is 5.82. The summed E-state index contributed by atoms with van der Waals surface area (Å²) < 4.78 is 18.8. The zero-order valence-corrected chi connectivity index (χ0v) is 9.99. The molecule has 4 nitrogen and oxygen atoms in total. The fraction of sp³-hybridized carbons (Fsp3) is 0.462. The molecule has 1 aromatic carbocycles. The van der Waals surface area contributed by atoms with Crippen LogP contribution in [-0.4, -0.2) is 30.3 Å². The third-order valence-electron chi connectivity index (χ3n) is 2.99. The molecule has 0 saturated carbocycles. The van der Waals surface area contributed by atoms with Crippen LogP contribution in [0.4, 0.5) is 4.39 Å². The van der Waals surface area contributed by atoms with Gasteiger partial charge in [-0.15, -0.1) is 0 Å². The number of benzene rings is 1. The number of aromatic hydroxyl groups is 1. The summed E-state index contributed by atoms with van der Waals surface area (Å²) in [7, 11) is 0. The molecule has 1 fully saturated rings. The maximum atomic E-state index is 13.4. The lowest BCUT2D eigenvalue weighted by atomic mass is 10.1. The molecule has 0 aromatic heterocycles. The van der Waals surface area contributed by atoms with E-state index in [9.17, 15) is 14.3 Å². The molecule has 1 atom stereocenters. The number of amides is 1. The van der Waals surface area contributed by atoms with Crippen LogP contribution in [0.1, 0.15) is 29.6 Å². The predicted octanol–water partition coefficient (Wildman–Crippen LogP) is 1.83. The lowest BCUT2D eigenvalue weighted by molar-refractivity contribution is 0.0902. The van der Waals surface area contributed by atoms with Gasteiger partial charge in [0.2, 0.25) is 0 Å². The molecule has 0 radical (unpaired) electrons. The zero-order chi connectivity index (χ0) is 13.0. The molecule has 0 bridgehead atoms. The van der Waals surface area contributed by atoms with Crippen LogP contribution < -0.4 is 5.32 Å². The Bertz CT molecular complexity index is 410. The van der Waals surface area contributed by atoms with Gasteiger partial charge in [0, 0.05) is 13.2 Å². The number of phenols is 1. The lowest BCUT2D eigenvalue weighted by Crippen LogP contribution is -2.27. The molecule has 2 N–H and O–H groups in total. The summed E-state index contributed by atoms with van der Waals surface area (Å²) in [6.45, 7) is 1.18. The summed E-state index contributed by atoms with van der Waals surface area (Å²) in [5, 5.41) is 12.0. The van der Waals surface area contributed by atoms with E-state index in [0.29, 0.717) is 13.0 Å². The van der Waals surface area contributed by atoms with Crippen LogP contribution in [0.15, 0.2) is 18.2 Å². The molecule has 5 heteroatoms. The van der Waals surface area contributed by atoms with Crippen LogP contribution in [0.25, 0.3) is 0 Å². The molecule has 2 rings (SSSR count). The third kappa shape index (κ3) is 2.98. The van der Waals surface area contributed by atoms with Crippen molar-refractivity contribution in [2.75, 3.05) is 13.2 Å². The van der Waals surface area contributed by atoms with Gasteiger partial charge in [-0.2, -0.15) is 0 Å². The standard InChI is InChI=1S/C13H16FNO3/c14-10-4-1-5-11(16)12(10)13(17)15-7-6-9-3-2-8-18-9/h1,4-5,9,16H,2-3,6-8H2,(H,15,17)/t9-/m1/s1. The highest BCUT2D eigenvalue weighted by Crippen LogP contribution is 2.19. The first kappa shape index (κ1) is 12.8. The van der Waals surface area contributed by atoms with E-state index in [0.717, 1.165) is 25.5 Å². The van der Waals surface area contributed by atoms with E-state index in [1.54, 1.807) is 0 Å². The smallest absolute Gasteiger partial charge is 0.258 e. The van der Waals surface area contributed by atoms with Crippen LogP contribution in [0.5, 0.6) is 5.75 Å². The number of carbonyl (C=O) groups is 1. The van der Waals surface area contributed by atoms with Gasteiger partial charge in [-0.05, 0) is 31.4 Å². The highest BCUT2D eigenvalue weighted by molar-refractivity contribution is 5.97. The summed E-state index contributed by atoms with van der Waals surface area (Å²) in [4.78, 5) is 11.7. The minimum atomic E-state index is -0.718. The van der Waals surface area contributed by atoms with E-state index >= 15 is 0 Å². The molecule has 0 spiro atoms. The summed E-state index contributed by atoms with van der Waals surface area (Å²) in [5.74, 6) is -1.65. The number of phenolic OH excluding ortho intramolecular Hbond substituents is 1. The summed E-state index contributed by atoms with van der Waals surface area (Å²) >= 11 is 0. The van der Waals surface area contributed by atoms with Gasteiger partial charge < -0.3 is 15.2 Å². The first-order valence-electron chi connectivity index (χ1n) is 6.06. The van der Waals surface area contributed by atoms with Crippen molar-refractivity contribution in [3.05, 3.63) is 29.6 Å². The fourth-order valence-corrected chi connectivity index (χ4v) is 2.04. The van der Waals surface area contributed by atoms with Crippen molar-refractivity contribution in [2.45, 2.75) is 25.4 Å². The molecule has 0 aliphatic carbocycles. The monoisotopic (exact) mass is 253 g/mol. The Kier molecular flexibility index (Phi) is 4.15. The highest BCUT2D eigenvalue weighted by atomic mass is 19.1. The average Bonchev–Trinajstić information content (AvgIpc) is 2.82. The summed E-state index contributed by atoms with van der Waals surface area (Å²) in [6.07, 6.45) is 2.94. The molecule has 0 unspecified atom stereocenters. The Hall–Kier alpha value is -1.62. The van der Waals surface area contributed by atoms with Gasteiger partial charge in [0.25, 0.3) is 5.91 Å². The topological polar surface area (TPSA) is 58.6 Å². The lowest BCUT2D eigenvalue weighted by Gasteiger charge is -2.11. The van der Waals surface area contributed by atoms with Gasteiger partial charge in [-0.1, -0.05) is 6.07 Å². The van der Waals surface area contributed by atoms with Crippen molar-refractivity contribution >= 4 is 5.91 Å². The predicted molar refractivity (Wildman–Crippen MR) is 64.0 cm³/mol. The Morgan fingerprint density at radius 3 is 3.06 bits per heavy atom. The normalized spacial score (nSPS) is 18.8. The van der Waals surface area contributed by atoms with E-state index in [4.69, 9.17) is 4.74 Å². The Labute approximate surface area is 105 Å². The van der Waals surface area contributed by atoms with E-state index in [-0.39, 0.29) is 17.4 Å². The minimum absolute atomic E-state index is 0.180. The second-order valence-corrected chi connectivity index (χ2v) is 4.31. The van der Waals surface area contributed by atoms with Crippen LogP contribution in [0.3, 0.4) is 0 Å². The number of halogens is 1. The van der Waals surface area contributed by atoms with E-state index in [1.165, 1.54) is 12.1 Å². The first-order valence-corrected chi connectivity index (χ1v) is 6.06. The number of hydrogen-bond donors (Lipinski definition) is 2. The molecular weight excluding hydrogens is 237 g/mol. The molecule has 1 amide bonds. The van der Waals surface area contributed by atoms with Crippen LogP contribution in [-0.2, 0) is 4.74 Å². The number of carbonyl (C=O) groups excluding carboxylic acids is 1. The SMILES string of the molecule is O=C(NCC[C@H]1CCCO1)c1c(O)cccc1F. The minimum Gasteiger partial charge on any atom is -0.507 e. The molecule has 18 heavy (non-hydrogen) atoms. The maximum absolute atomic E-state index is 13.4. The maximum Gasteiger partial charge on any atom is 0.258 e. The molecule has 98 valence electrons. The quantitative estimate of drug-likeness (QED) is 0.860. The van der Waals surface area contributed by atoms with Crippen molar-refractivity contribution in [1.29, 1.82) is 0 Å². The van der Waals surface area contributed by atoms with Crippen molar-refractivity contribution < 1.29 is 19.0 Å². The fourth-order valence-electron chi connectivity index (χ4n) is 2.04. The molecular formula is C13H16FNO3. The number of nitrogens with one attached hydrogen (secondary N) is 1. The molecule has 1 aliphatic rings.